The molecule has 0 bridgehead atoms. The van der Waals surface area contributed by atoms with Gasteiger partial charge in [0.25, 0.3) is 0 Å². The second-order valence-corrected chi connectivity index (χ2v) is 3.60. The van der Waals surface area contributed by atoms with E-state index in [1.54, 1.807) is 0 Å². The van der Waals surface area contributed by atoms with E-state index in [0.29, 0.717) is 17.7 Å². The lowest BCUT2D eigenvalue weighted by atomic mass is 10.0. The molecule has 0 spiro atoms. The minimum absolute atomic E-state index is 0.0379. The van der Waals surface area contributed by atoms with E-state index in [1.807, 2.05) is 54.6 Å². The fraction of sp³-hybridized carbons (Fsp3) is 0.0714. The molecule has 0 heterocycles. The van der Waals surface area contributed by atoms with Gasteiger partial charge in [0.05, 0.1) is 0 Å². The van der Waals surface area contributed by atoms with Gasteiger partial charge in [0, 0.05) is 17.7 Å². The van der Waals surface area contributed by atoms with E-state index >= 15 is 0 Å². The molecule has 0 radical (unpaired) electrons. The van der Waals surface area contributed by atoms with Gasteiger partial charge in [-0.25, -0.2) is 0 Å². The number of hydrogen-bond acceptors (Lipinski definition) is 2. The summed E-state index contributed by atoms with van der Waals surface area (Å²) in [6.45, 7) is 0.454. The SMILES string of the molecule is NCc1cccc(C(=O)c2ccccc2)c1. The van der Waals surface area contributed by atoms with Gasteiger partial charge >= 0.3 is 0 Å². The molecule has 0 atom stereocenters. The maximum absolute atomic E-state index is 12.1. The van der Waals surface area contributed by atoms with Crippen LogP contribution in [0.5, 0.6) is 0 Å². The lowest BCUT2D eigenvalue weighted by molar-refractivity contribution is 0.103. The number of ketones is 1. The number of carbonyl (C=O) groups is 1. The molecule has 0 aliphatic carbocycles. The molecule has 2 N–H and O–H groups in total. The van der Waals surface area contributed by atoms with Crippen LogP contribution >= 0.6 is 0 Å². The van der Waals surface area contributed by atoms with Crippen molar-refractivity contribution in [3.05, 3.63) is 71.3 Å². The van der Waals surface area contributed by atoms with E-state index in [-0.39, 0.29) is 5.78 Å². The van der Waals surface area contributed by atoms with Crippen molar-refractivity contribution in [2.45, 2.75) is 6.54 Å². The zero-order valence-corrected chi connectivity index (χ0v) is 8.89. The monoisotopic (exact) mass is 211 g/mol. The van der Waals surface area contributed by atoms with Crippen molar-refractivity contribution in [3.63, 3.8) is 0 Å². The Morgan fingerprint density at radius 2 is 1.62 bits per heavy atom. The molecule has 0 aromatic heterocycles. The van der Waals surface area contributed by atoms with Crippen molar-refractivity contribution in [3.8, 4) is 0 Å². The minimum atomic E-state index is 0.0379. The van der Waals surface area contributed by atoms with Crippen molar-refractivity contribution < 1.29 is 4.79 Å². The molecule has 80 valence electrons. The van der Waals surface area contributed by atoms with Crippen molar-refractivity contribution in [1.29, 1.82) is 0 Å². The van der Waals surface area contributed by atoms with Gasteiger partial charge < -0.3 is 5.73 Å². The Balaban J connectivity index is 2.34. The molecule has 0 saturated carbocycles. The highest BCUT2D eigenvalue weighted by Gasteiger charge is 2.07. The van der Waals surface area contributed by atoms with Crippen LogP contribution in [0.3, 0.4) is 0 Å². The van der Waals surface area contributed by atoms with Gasteiger partial charge in [-0.3, -0.25) is 4.79 Å². The first kappa shape index (κ1) is 10.6. The molecule has 0 amide bonds. The molecule has 2 aromatic rings. The fourth-order valence-electron chi connectivity index (χ4n) is 1.60. The zero-order valence-electron chi connectivity index (χ0n) is 8.89. The summed E-state index contributed by atoms with van der Waals surface area (Å²) in [5.41, 5.74) is 7.91. The van der Waals surface area contributed by atoms with Crippen LogP contribution in [0.1, 0.15) is 21.5 Å². The van der Waals surface area contributed by atoms with E-state index < -0.39 is 0 Å². The van der Waals surface area contributed by atoms with Crippen LogP contribution < -0.4 is 5.73 Å². The first-order valence-electron chi connectivity index (χ1n) is 5.20. The third kappa shape index (κ3) is 2.18. The van der Waals surface area contributed by atoms with Crippen LogP contribution in [-0.4, -0.2) is 5.78 Å². The maximum atomic E-state index is 12.1. The number of carbonyl (C=O) groups excluding carboxylic acids is 1. The standard InChI is InChI=1S/C14H13NO/c15-10-11-5-4-8-13(9-11)14(16)12-6-2-1-3-7-12/h1-9H,10,15H2. The van der Waals surface area contributed by atoms with Crippen LogP contribution in [0.15, 0.2) is 54.6 Å². The number of nitrogens with two attached hydrogens (primary N) is 1. The molecular formula is C14H13NO. The molecule has 2 heteroatoms. The maximum Gasteiger partial charge on any atom is 0.193 e. The largest absolute Gasteiger partial charge is 0.326 e. The summed E-state index contributed by atoms with van der Waals surface area (Å²) in [6.07, 6.45) is 0. The normalized spacial score (nSPS) is 10.1. The molecular weight excluding hydrogens is 198 g/mol. The Morgan fingerprint density at radius 1 is 0.938 bits per heavy atom. The van der Waals surface area contributed by atoms with E-state index in [4.69, 9.17) is 5.73 Å². The Labute approximate surface area is 94.7 Å². The molecule has 0 fully saturated rings. The highest BCUT2D eigenvalue weighted by atomic mass is 16.1. The summed E-state index contributed by atoms with van der Waals surface area (Å²) in [7, 11) is 0. The Morgan fingerprint density at radius 3 is 2.31 bits per heavy atom. The van der Waals surface area contributed by atoms with Gasteiger partial charge in [0.15, 0.2) is 5.78 Å². The summed E-state index contributed by atoms with van der Waals surface area (Å²) in [6, 6.07) is 16.7. The van der Waals surface area contributed by atoms with Gasteiger partial charge in [-0.05, 0) is 11.6 Å². The minimum Gasteiger partial charge on any atom is -0.326 e. The highest BCUT2D eigenvalue weighted by molar-refractivity contribution is 6.09. The Hall–Kier alpha value is -1.93. The molecule has 2 nitrogen and oxygen atoms in total. The molecule has 0 aliphatic rings. The van der Waals surface area contributed by atoms with E-state index in [0.717, 1.165) is 5.56 Å². The summed E-state index contributed by atoms with van der Waals surface area (Å²) in [5.74, 6) is 0.0379. The van der Waals surface area contributed by atoms with Gasteiger partial charge in [0.1, 0.15) is 0 Å². The first-order chi connectivity index (χ1) is 7.81. The van der Waals surface area contributed by atoms with Crippen LogP contribution in [0.25, 0.3) is 0 Å². The van der Waals surface area contributed by atoms with Crippen LogP contribution in [0.2, 0.25) is 0 Å². The van der Waals surface area contributed by atoms with E-state index in [1.165, 1.54) is 0 Å². The zero-order chi connectivity index (χ0) is 11.4. The average molecular weight is 211 g/mol. The van der Waals surface area contributed by atoms with Crippen LogP contribution in [-0.2, 0) is 6.54 Å². The first-order valence-corrected chi connectivity index (χ1v) is 5.20. The van der Waals surface area contributed by atoms with Crippen LogP contribution in [0.4, 0.5) is 0 Å². The molecule has 0 aliphatic heterocycles. The summed E-state index contributed by atoms with van der Waals surface area (Å²) in [4.78, 5) is 12.1. The van der Waals surface area contributed by atoms with Crippen molar-refractivity contribution >= 4 is 5.78 Å². The lowest BCUT2D eigenvalue weighted by Crippen LogP contribution is -2.03. The van der Waals surface area contributed by atoms with E-state index in [2.05, 4.69) is 0 Å². The van der Waals surface area contributed by atoms with Crippen molar-refractivity contribution in [2.24, 2.45) is 5.73 Å². The predicted octanol–water partition coefficient (Wildman–Crippen LogP) is 2.38. The topological polar surface area (TPSA) is 43.1 Å². The molecule has 2 aromatic carbocycles. The third-order valence-electron chi connectivity index (χ3n) is 2.46. The van der Waals surface area contributed by atoms with E-state index in [9.17, 15) is 4.79 Å². The molecule has 2 rings (SSSR count). The third-order valence-corrected chi connectivity index (χ3v) is 2.46. The Bertz CT molecular complexity index is 491. The fourth-order valence-corrected chi connectivity index (χ4v) is 1.60. The van der Waals surface area contributed by atoms with Gasteiger partial charge in [-0.1, -0.05) is 48.5 Å². The second-order valence-electron chi connectivity index (χ2n) is 3.60. The number of rotatable bonds is 3. The van der Waals surface area contributed by atoms with Crippen molar-refractivity contribution in [1.82, 2.24) is 0 Å². The lowest BCUT2D eigenvalue weighted by Gasteiger charge is -2.03. The second kappa shape index (κ2) is 4.73. The molecule has 0 saturated heterocycles. The Kier molecular flexibility index (Phi) is 3.13. The van der Waals surface area contributed by atoms with Crippen LogP contribution in [0, 0.1) is 0 Å². The van der Waals surface area contributed by atoms with Crippen molar-refractivity contribution in [2.75, 3.05) is 0 Å². The molecule has 16 heavy (non-hydrogen) atoms. The average Bonchev–Trinajstić information content (AvgIpc) is 2.39. The summed E-state index contributed by atoms with van der Waals surface area (Å²) in [5, 5.41) is 0. The number of benzene rings is 2. The van der Waals surface area contributed by atoms with Gasteiger partial charge in [-0.2, -0.15) is 0 Å². The van der Waals surface area contributed by atoms with Gasteiger partial charge in [-0.15, -0.1) is 0 Å². The summed E-state index contributed by atoms with van der Waals surface area (Å²) < 4.78 is 0. The molecule has 0 unspecified atom stereocenters. The highest BCUT2D eigenvalue weighted by Crippen LogP contribution is 2.11. The smallest absolute Gasteiger partial charge is 0.193 e. The predicted molar refractivity (Wildman–Crippen MR) is 64.2 cm³/mol. The quantitative estimate of drug-likeness (QED) is 0.792. The number of hydrogen-bond donors (Lipinski definition) is 1. The van der Waals surface area contributed by atoms with Gasteiger partial charge in [0.2, 0.25) is 0 Å². The summed E-state index contributed by atoms with van der Waals surface area (Å²) >= 11 is 0.